The van der Waals surface area contributed by atoms with Gasteiger partial charge < -0.3 is 4.74 Å². The third-order valence-electron chi connectivity index (χ3n) is 5.09. The van der Waals surface area contributed by atoms with Crippen molar-refractivity contribution in [2.24, 2.45) is 0 Å². The molecule has 0 aliphatic rings. The van der Waals surface area contributed by atoms with Gasteiger partial charge in [-0.05, 0) is 30.0 Å². The second-order valence-electron chi connectivity index (χ2n) is 7.00. The van der Waals surface area contributed by atoms with E-state index in [9.17, 15) is 9.59 Å². The number of aromatic nitrogens is 2. The number of rotatable bonds is 9. The molecule has 0 saturated heterocycles. The number of hydrogen-bond acceptors (Lipinski definition) is 5. The maximum Gasteiger partial charge on any atom is 0.262 e. The van der Waals surface area contributed by atoms with Crippen molar-refractivity contribution in [3.63, 3.8) is 0 Å². The van der Waals surface area contributed by atoms with Crippen molar-refractivity contribution in [2.45, 2.75) is 37.9 Å². The summed E-state index contributed by atoms with van der Waals surface area (Å²) >= 11 is 1.29. The van der Waals surface area contributed by atoms with Gasteiger partial charge in [0, 0.05) is 12.7 Å². The molecule has 2 aromatic carbocycles. The number of methoxy groups -OCH3 is 1. The molecule has 0 spiro atoms. The Balaban J connectivity index is 1.82. The molecule has 0 fully saturated rings. The van der Waals surface area contributed by atoms with E-state index in [1.807, 2.05) is 42.5 Å². The molecule has 3 rings (SSSR count). The van der Waals surface area contributed by atoms with Crippen LogP contribution in [0.1, 0.15) is 42.1 Å². The summed E-state index contributed by atoms with van der Waals surface area (Å²) < 4.78 is 6.73. The Morgan fingerprint density at radius 1 is 1.17 bits per heavy atom. The molecule has 0 N–H and O–H groups in total. The van der Waals surface area contributed by atoms with Gasteiger partial charge in [0.05, 0.1) is 29.8 Å². The maximum absolute atomic E-state index is 12.9. The molecule has 5 nitrogen and oxygen atoms in total. The molecule has 0 amide bonds. The molecule has 0 saturated carbocycles. The molecular weight excluding hydrogens is 384 g/mol. The Morgan fingerprint density at radius 2 is 1.90 bits per heavy atom. The first-order valence-electron chi connectivity index (χ1n) is 9.79. The zero-order valence-corrected chi connectivity index (χ0v) is 17.9. The van der Waals surface area contributed by atoms with Crippen LogP contribution in [0.4, 0.5) is 0 Å². The van der Waals surface area contributed by atoms with Crippen LogP contribution in [0.2, 0.25) is 0 Å². The molecule has 0 bridgehead atoms. The van der Waals surface area contributed by atoms with Crippen LogP contribution in [0, 0.1) is 0 Å². The second-order valence-corrected chi connectivity index (χ2v) is 7.95. The Labute approximate surface area is 175 Å². The summed E-state index contributed by atoms with van der Waals surface area (Å²) in [6.07, 6.45) is 1.07. The van der Waals surface area contributed by atoms with E-state index in [4.69, 9.17) is 4.74 Å². The van der Waals surface area contributed by atoms with E-state index in [2.05, 4.69) is 18.8 Å². The van der Waals surface area contributed by atoms with Gasteiger partial charge in [-0.2, -0.15) is 0 Å². The van der Waals surface area contributed by atoms with E-state index in [1.165, 1.54) is 17.3 Å². The predicted octanol–water partition coefficient (Wildman–Crippen LogP) is 4.53. The van der Waals surface area contributed by atoms with Gasteiger partial charge >= 0.3 is 0 Å². The van der Waals surface area contributed by atoms with Crippen molar-refractivity contribution in [1.82, 2.24) is 9.55 Å². The smallest absolute Gasteiger partial charge is 0.262 e. The fourth-order valence-electron chi connectivity index (χ4n) is 3.08. The molecule has 0 aliphatic carbocycles. The van der Waals surface area contributed by atoms with E-state index in [0.717, 1.165) is 6.42 Å². The topological polar surface area (TPSA) is 61.2 Å². The minimum atomic E-state index is -0.111. The largest absolute Gasteiger partial charge is 0.383 e. The second kappa shape index (κ2) is 9.85. The summed E-state index contributed by atoms with van der Waals surface area (Å²) in [7, 11) is 1.60. The molecule has 0 aliphatic heterocycles. The lowest BCUT2D eigenvalue weighted by Gasteiger charge is -2.13. The number of thioether (sulfide) groups is 1. The van der Waals surface area contributed by atoms with Crippen molar-refractivity contribution < 1.29 is 9.53 Å². The van der Waals surface area contributed by atoms with Gasteiger partial charge in [0.2, 0.25) is 0 Å². The highest BCUT2D eigenvalue weighted by Crippen LogP contribution is 2.22. The highest BCUT2D eigenvalue weighted by molar-refractivity contribution is 7.99. The molecule has 29 heavy (non-hydrogen) atoms. The van der Waals surface area contributed by atoms with Crippen molar-refractivity contribution in [1.29, 1.82) is 0 Å². The standard InChI is InChI=1S/C23H26N2O3S/c1-4-16(2)17-9-11-18(12-10-17)21(26)15-29-23-24-20-8-6-5-7-19(20)22(27)25(23)13-14-28-3/h5-12,16H,4,13-15H2,1-3H3/t16-/m1/s1. The number of carbonyl (C=O) groups excluding carboxylic acids is 1. The number of Topliss-reactive ketones (excluding diaryl/α,β-unsaturated/α-hetero) is 1. The van der Waals surface area contributed by atoms with E-state index in [0.29, 0.717) is 40.7 Å². The van der Waals surface area contributed by atoms with E-state index in [-0.39, 0.29) is 17.1 Å². The van der Waals surface area contributed by atoms with Crippen LogP contribution < -0.4 is 5.56 Å². The minimum Gasteiger partial charge on any atom is -0.383 e. The molecule has 1 aromatic heterocycles. The number of para-hydroxylation sites is 1. The Kier molecular flexibility index (Phi) is 7.23. The number of ketones is 1. The van der Waals surface area contributed by atoms with Gasteiger partial charge in [-0.25, -0.2) is 4.98 Å². The molecule has 0 unspecified atom stereocenters. The normalized spacial score (nSPS) is 12.2. The summed E-state index contributed by atoms with van der Waals surface area (Å²) in [4.78, 5) is 30.2. The van der Waals surface area contributed by atoms with Crippen LogP contribution in [0.5, 0.6) is 0 Å². The van der Waals surface area contributed by atoms with Gasteiger partial charge in [-0.1, -0.05) is 62.0 Å². The monoisotopic (exact) mass is 410 g/mol. The minimum absolute atomic E-state index is 0.0198. The average Bonchev–Trinajstić information content (AvgIpc) is 2.76. The number of hydrogen-bond donors (Lipinski definition) is 0. The first-order valence-corrected chi connectivity index (χ1v) is 10.8. The predicted molar refractivity (Wildman–Crippen MR) is 118 cm³/mol. The van der Waals surface area contributed by atoms with Crippen LogP contribution >= 0.6 is 11.8 Å². The summed E-state index contributed by atoms with van der Waals surface area (Å²) in [5.41, 5.74) is 2.44. The lowest BCUT2D eigenvalue weighted by Crippen LogP contribution is -2.25. The summed E-state index contributed by atoms with van der Waals surface area (Å²) in [5, 5.41) is 1.11. The Hall–Kier alpha value is -2.44. The first-order chi connectivity index (χ1) is 14.0. The summed E-state index contributed by atoms with van der Waals surface area (Å²) in [5.74, 6) is 0.720. The van der Waals surface area contributed by atoms with Crippen LogP contribution in [0.3, 0.4) is 0 Å². The van der Waals surface area contributed by atoms with Gasteiger partial charge in [-0.15, -0.1) is 0 Å². The van der Waals surface area contributed by atoms with Gasteiger partial charge in [0.15, 0.2) is 10.9 Å². The molecule has 3 aromatic rings. The Morgan fingerprint density at radius 3 is 2.59 bits per heavy atom. The highest BCUT2D eigenvalue weighted by Gasteiger charge is 2.14. The molecule has 6 heteroatoms. The summed E-state index contributed by atoms with van der Waals surface area (Å²) in [6.45, 7) is 5.13. The van der Waals surface area contributed by atoms with E-state index >= 15 is 0 Å². The van der Waals surface area contributed by atoms with Gasteiger partial charge in [0.1, 0.15) is 0 Å². The molecule has 1 atom stereocenters. The first kappa shape index (κ1) is 21.3. The number of carbonyl (C=O) groups is 1. The van der Waals surface area contributed by atoms with Crippen LogP contribution in [0.15, 0.2) is 58.5 Å². The number of nitrogens with zero attached hydrogens (tertiary/aromatic N) is 2. The molecule has 152 valence electrons. The lowest BCUT2D eigenvalue weighted by molar-refractivity contribution is 0.102. The number of fused-ring (bicyclic) bond motifs is 1. The van der Waals surface area contributed by atoms with Crippen molar-refractivity contribution in [2.75, 3.05) is 19.5 Å². The van der Waals surface area contributed by atoms with Crippen LogP contribution in [-0.2, 0) is 11.3 Å². The van der Waals surface area contributed by atoms with Gasteiger partial charge in [-0.3, -0.25) is 14.2 Å². The average molecular weight is 411 g/mol. The number of benzene rings is 2. The lowest BCUT2D eigenvalue weighted by atomic mass is 9.97. The molecule has 1 heterocycles. The van der Waals surface area contributed by atoms with Crippen LogP contribution in [-0.4, -0.2) is 34.8 Å². The Bertz CT molecular complexity index is 1040. The fraction of sp³-hybridized carbons (Fsp3) is 0.348. The van der Waals surface area contributed by atoms with Crippen molar-refractivity contribution in [3.05, 3.63) is 70.0 Å². The zero-order valence-electron chi connectivity index (χ0n) is 17.1. The SMILES string of the molecule is CC[C@@H](C)c1ccc(C(=O)CSc2nc3ccccc3c(=O)n2CCOC)cc1. The molecular formula is C23H26N2O3S. The third-order valence-corrected chi connectivity index (χ3v) is 6.07. The van der Waals surface area contributed by atoms with Crippen molar-refractivity contribution >= 4 is 28.4 Å². The maximum atomic E-state index is 12.9. The van der Waals surface area contributed by atoms with Crippen LogP contribution in [0.25, 0.3) is 10.9 Å². The van der Waals surface area contributed by atoms with E-state index < -0.39 is 0 Å². The molecule has 0 radical (unpaired) electrons. The zero-order chi connectivity index (χ0) is 20.8. The number of ether oxygens (including phenoxy) is 1. The van der Waals surface area contributed by atoms with Crippen molar-refractivity contribution in [3.8, 4) is 0 Å². The van der Waals surface area contributed by atoms with E-state index in [1.54, 1.807) is 17.7 Å². The quantitative estimate of drug-likeness (QED) is 0.295. The fourth-order valence-corrected chi connectivity index (χ4v) is 4.00. The highest BCUT2D eigenvalue weighted by atomic mass is 32.2. The van der Waals surface area contributed by atoms with Gasteiger partial charge in [0.25, 0.3) is 5.56 Å². The summed E-state index contributed by atoms with van der Waals surface area (Å²) in [6, 6.07) is 15.1. The third kappa shape index (κ3) is 4.95.